The van der Waals surface area contributed by atoms with Crippen LogP contribution < -0.4 is 24.8 Å². The van der Waals surface area contributed by atoms with Gasteiger partial charge in [-0.3, -0.25) is 15.1 Å². The molecular formula is C24H24N4O4. The number of anilines is 1. The lowest BCUT2D eigenvalue weighted by Gasteiger charge is -2.19. The Morgan fingerprint density at radius 3 is 2.66 bits per heavy atom. The number of hydrogen-bond donors (Lipinski definition) is 2. The molecule has 0 radical (unpaired) electrons. The lowest BCUT2D eigenvalue weighted by Crippen LogP contribution is -2.36. The lowest BCUT2D eigenvalue weighted by atomic mass is 10.2. The van der Waals surface area contributed by atoms with Gasteiger partial charge < -0.3 is 19.5 Å². The van der Waals surface area contributed by atoms with Crippen molar-refractivity contribution in [3.63, 3.8) is 0 Å². The monoisotopic (exact) mass is 432 g/mol. The van der Waals surface area contributed by atoms with E-state index in [-0.39, 0.29) is 5.91 Å². The summed E-state index contributed by atoms with van der Waals surface area (Å²) in [6.45, 7) is 3.85. The third-order valence-corrected chi connectivity index (χ3v) is 4.61. The second-order valence-electron chi connectivity index (χ2n) is 6.92. The average Bonchev–Trinajstić information content (AvgIpc) is 2.84. The summed E-state index contributed by atoms with van der Waals surface area (Å²) in [5.74, 6) is 2.07. The number of fused-ring (bicyclic) bond motifs is 1. The Labute approximate surface area is 186 Å². The summed E-state index contributed by atoms with van der Waals surface area (Å²) in [5.41, 5.74) is 2.13. The fourth-order valence-corrected chi connectivity index (χ4v) is 3.08. The maximum absolute atomic E-state index is 12.8. The molecule has 8 heteroatoms. The molecule has 8 nitrogen and oxygen atoms in total. The molecule has 0 unspecified atom stereocenters. The zero-order valence-electron chi connectivity index (χ0n) is 17.7. The van der Waals surface area contributed by atoms with Gasteiger partial charge in [-0.2, -0.15) is 0 Å². The summed E-state index contributed by atoms with van der Waals surface area (Å²) in [5, 5.41) is 6.02. The molecule has 1 aromatic heterocycles. The lowest BCUT2D eigenvalue weighted by molar-refractivity contribution is 0.0977. The number of ether oxygens (including phenoxy) is 3. The van der Waals surface area contributed by atoms with E-state index in [9.17, 15) is 4.79 Å². The Hall–Kier alpha value is -4.07. The van der Waals surface area contributed by atoms with E-state index >= 15 is 0 Å². The molecule has 0 saturated carbocycles. The van der Waals surface area contributed by atoms with Crippen molar-refractivity contribution in [2.75, 3.05) is 25.1 Å². The van der Waals surface area contributed by atoms with E-state index in [0.29, 0.717) is 60.8 Å². The maximum atomic E-state index is 12.8. The van der Waals surface area contributed by atoms with Crippen LogP contribution in [0.15, 0.2) is 72.0 Å². The average molecular weight is 432 g/mol. The number of carbonyl (C=O) groups excluding carboxylic acids is 1. The molecule has 2 N–H and O–H groups in total. The summed E-state index contributed by atoms with van der Waals surface area (Å²) >= 11 is 0. The van der Waals surface area contributed by atoms with Gasteiger partial charge in [-0.15, -0.1) is 0 Å². The van der Waals surface area contributed by atoms with Gasteiger partial charge in [0.25, 0.3) is 5.91 Å². The van der Waals surface area contributed by atoms with Crippen molar-refractivity contribution in [3.8, 4) is 17.2 Å². The second-order valence-corrected chi connectivity index (χ2v) is 6.92. The van der Waals surface area contributed by atoms with Crippen LogP contribution in [-0.4, -0.2) is 36.7 Å². The quantitative estimate of drug-likeness (QED) is 0.456. The summed E-state index contributed by atoms with van der Waals surface area (Å²) in [6.07, 6.45) is 3.44. The first-order chi connectivity index (χ1) is 15.7. The Kier molecular flexibility index (Phi) is 6.81. The molecule has 2 heterocycles. The second kappa shape index (κ2) is 10.3. The molecule has 1 aliphatic heterocycles. The van der Waals surface area contributed by atoms with Gasteiger partial charge in [0.1, 0.15) is 19.0 Å². The molecular weight excluding hydrogens is 408 g/mol. The van der Waals surface area contributed by atoms with Gasteiger partial charge in [0.05, 0.1) is 13.2 Å². The highest BCUT2D eigenvalue weighted by Gasteiger charge is 2.14. The van der Waals surface area contributed by atoms with E-state index in [1.165, 1.54) is 0 Å². The summed E-state index contributed by atoms with van der Waals surface area (Å²) < 4.78 is 16.7. The highest BCUT2D eigenvalue weighted by molar-refractivity contribution is 6.10. The van der Waals surface area contributed by atoms with E-state index < -0.39 is 0 Å². The van der Waals surface area contributed by atoms with Crippen LogP contribution in [0, 0.1) is 0 Å². The predicted octanol–water partition coefficient (Wildman–Crippen LogP) is 3.65. The Bertz CT molecular complexity index is 1080. The van der Waals surface area contributed by atoms with Crippen LogP contribution >= 0.6 is 0 Å². The zero-order chi connectivity index (χ0) is 22.2. The van der Waals surface area contributed by atoms with Crippen molar-refractivity contribution >= 4 is 17.6 Å². The number of benzene rings is 2. The number of aromatic nitrogens is 1. The van der Waals surface area contributed by atoms with Crippen LogP contribution in [0.5, 0.6) is 17.2 Å². The highest BCUT2D eigenvalue weighted by atomic mass is 16.6. The molecule has 32 heavy (non-hydrogen) atoms. The summed E-state index contributed by atoms with van der Waals surface area (Å²) in [7, 11) is 0. The zero-order valence-corrected chi connectivity index (χ0v) is 17.7. The summed E-state index contributed by atoms with van der Waals surface area (Å²) in [6, 6.07) is 16.2. The first kappa shape index (κ1) is 21.2. The van der Waals surface area contributed by atoms with E-state index in [2.05, 4.69) is 20.6 Å². The minimum atomic E-state index is -0.289. The molecule has 1 aliphatic rings. The molecule has 0 atom stereocenters. The van der Waals surface area contributed by atoms with E-state index in [0.717, 1.165) is 5.56 Å². The van der Waals surface area contributed by atoms with Crippen molar-refractivity contribution < 1.29 is 19.0 Å². The number of pyridine rings is 1. The van der Waals surface area contributed by atoms with Crippen molar-refractivity contribution in [3.05, 3.63) is 78.1 Å². The SMILES string of the molecule is CCOc1ccc(C(=O)NC(=NCc2cccnc2)Nc2ccc3c(c2)OCCO3)cc1. The minimum absolute atomic E-state index is 0.289. The molecule has 164 valence electrons. The number of rotatable bonds is 6. The number of nitrogens with one attached hydrogen (secondary N) is 2. The number of guanidine groups is 1. The smallest absolute Gasteiger partial charge is 0.257 e. The molecule has 3 aromatic rings. The topological polar surface area (TPSA) is 94.1 Å². The number of aliphatic imine (C=N–C) groups is 1. The first-order valence-electron chi connectivity index (χ1n) is 10.4. The van der Waals surface area contributed by atoms with Crippen molar-refractivity contribution in [1.29, 1.82) is 0 Å². The van der Waals surface area contributed by atoms with Gasteiger partial charge in [-0.25, -0.2) is 4.99 Å². The van der Waals surface area contributed by atoms with Crippen LogP contribution in [0.1, 0.15) is 22.8 Å². The Morgan fingerprint density at radius 1 is 1.09 bits per heavy atom. The van der Waals surface area contributed by atoms with Crippen LogP contribution in [0.2, 0.25) is 0 Å². The normalized spacial score (nSPS) is 12.7. The largest absolute Gasteiger partial charge is 0.494 e. The number of amides is 1. The number of carbonyl (C=O) groups is 1. The standard InChI is InChI=1S/C24H24N4O4/c1-2-30-20-8-5-18(6-9-20)23(29)28-24(26-16-17-4-3-11-25-15-17)27-19-7-10-21-22(14-19)32-13-12-31-21/h3-11,14-15H,2,12-13,16H2,1H3,(H2,26,27,28,29). The van der Waals surface area contributed by atoms with Gasteiger partial charge in [0.2, 0.25) is 5.96 Å². The van der Waals surface area contributed by atoms with Crippen LogP contribution in [0.25, 0.3) is 0 Å². The van der Waals surface area contributed by atoms with Crippen molar-refractivity contribution in [1.82, 2.24) is 10.3 Å². The van der Waals surface area contributed by atoms with Crippen LogP contribution in [-0.2, 0) is 6.54 Å². The van der Waals surface area contributed by atoms with E-state index in [4.69, 9.17) is 14.2 Å². The molecule has 0 saturated heterocycles. The van der Waals surface area contributed by atoms with Crippen molar-refractivity contribution in [2.45, 2.75) is 13.5 Å². The van der Waals surface area contributed by atoms with Gasteiger partial charge >= 0.3 is 0 Å². The fraction of sp³-hybridized carbons (Fsp3) is 0.208. The van der Waals surface area contributed by atoms with Gasteiger partial charge in [0, 0.05) is 29.7 Å². The predicted molar refractivity (Wildman–Crippen MR) is 122 cm³/mol. The van der Waals surface area contributed by atoms with Crippen LogP contribution in [0.3, 0.4) is 0 Å². The molecule has 1 amide bonds. The third kappa shape index (κ3) is 5.54. The highest BCUT2D eigenvalue weighted by Crippen LogP contribution is 2.32. The van der Waals surface area contributed by atoms with E-state index in [1.807, 2.05) is 37.3 Å². The van der Waals surface area contributed by atoms with Gasteiger partial charge in [-0.1, -0.05) is 6.07 Å². The first-order valence-corrected chi connectivity index (χ1v) is 10.4. The van der Waals surface area contributed by atoms with Gasteiger partial charge in [0.15, 0.2) is 11.5 Å². The van der Waals surface area contributed by atoms with Crippen molar-refractivity contribution in [2.24, 2.45) is 4.99 Å². The maximum Gasteiger partial charge on any atom is 0.257 e. The molecule has 0 aliphatic carbocycles. The number of hydrogen-bond acceptors (Lipinski definition) is 6. The van der Waals surface area contributed by atoms with E-state index in [1.54, 1.807) is 36.7 Å². The van der Waals surface area contributed by atoms with Crippen LogP contribution in [0.4, 0.5) is 5.69 Å². The Balaban J connectivity index is 1.52. The molecule has 0 fully saturated rings. The fourth-order valence-electron chi connectivity index (χ4n) is 3.08. The van der Waals surface area contributed by atoms with Gasteiger partial charge in [-0.05, 0) is 55.0 Å². The summed E-state index contributed by atoms with van der Waals surface area (Å²) in [4.78, 5) is 21.5. The Morgan fingerprint density at radius 2 is 1.91 bits per heavy atom. The third-order valence-electron chi connectivity index (χ3n) is 4.61. The molecule has 4 rings (SSSR count). The number of nitrogens with zero attached hydrogens (tertiary/aromatic N) is 2. The molecule has 0 spiro atoms. The molecule has 2 aromatic carbocycles. The minimum Gasteiger partial charge on any atom is -0.494 e. The molecule has 0 bridgehead atoms.